The van der Waals surface area contributed by atoms with Gasteiger partial charge >= 0.3 is 0 Å². The van der Waals surface area contributed by atoms with Gasteiger partial charge in [0.05, 0.1) is 12.0 Å². The van der Waals surface area contributed by atoms with Gasteiger partial charge in [0.15, 0.2) is 15.8 Å². The lowest BCUT2D eigenvalue weighted by Crippen LogP contribution is -1.98. The number of fused-ring (bicyclic) bond motifs is 1. The van der Waals surface area contributed by atoms with Crippen molar-refractivity contribution in [3.8, 4) is 5.69 Å². The molecule has 0 bridgehead atoms. The van der Waals surface area contributed by atoms with Crippen molar-refractivity contribution in [1.29, 1.82) is 0 Å². The van der Waals surface area contributed by atoms with Gasteiger partial charge in [-0.2, -0.15) is 4.68 Å². The van der Waals surface area contributed by atoms with Crippen LogP contribution in [0.1, 0.15) is 25.3 Å². The summed E-state index contributed by atoms with van der Waals surface area (Å²) < 4.78 is 2.19. The summed E-state index contributed by atoms with van der Waals surface area (Å²) in [6, 6.07) is 8.26. The highest BCUT2D eigenvalue weighted by Crippen LogP contribution is 2.18. The lowest BCUT2D eigenvalue weighted by molar-refractivity contribution is 0.813. The molecule has 3 aromatic rings. The van der Waals surface area contributed by atoms with Crippen molar-refractivity contribution < 1.29 is 0 Å². The molecule has 0 aliphatic heterocycles. The second-order valence-electron chi connectivity index (χ2n) is 4.65. The molecule has 0 amide bonds. The van der Waals surface area contributed by atoms with Crippen molar-refractivity contribution in [2.24, 2.45) is 0 Å². The van der Waals surface area contributed by atoms with E-state index in [0.29, 0.717) is 16.1 Å². The maximum absolute atomic E-state index is 5.13. The smallest absolute Gasteiger partial charge is 0.167 e. The molecule has 2 aromatic heterocycles. The third-order valence-corrected chi connectivity index (χ3v) is 3.36. The van der Waals surface area contributed by atoms with Crippen LogP contribution in [0.4, 0.5) is 0 Å². The fourth-order valence-electron chi connectivity index (χ4n) is 1.95. The fraction of sp³-hybridized carbons (Fsp3) is 0.231. The van der Waals surface area contributed by atoms with E-state index in [1.54, 1.807) is 11.0 Å². The summed E-state index contributed by atoms with van der Waals surface area (Å²) in [4.78, 5) is 7.03. The Hall–Kier alpha value is -2.08. The van der Waals surface area contributed by atoms with E-state index in [4.69, 9.17) is 12.2 Å². The topological polar surface area (TPSA) is 59.4 Å². The van der Waals surface area contributed by atoms with Gasteiger partial charge in [0.1, 0.15) is 0 Å². The molecule has 0 fully saturated rings. The average molecular weight is 271 g/mol. The number of nitrogens with one attached hydrogen (secondary N) is 1. The molecule has 2 heterocycles. The van der Waals surface area contributed by atoms with Crippen molar-refractivity contribution >= 4 is 23.4 Å². The summed E-state index contributed by atoms with van der Waals surface area (Å²) in [6.45, 7) is 4.34. The van der Waals surface area contributed by atoms with Crippen LogP contribution in [0.5, 0.6) is 0 Å². The Labute approximate surface area is 115 Å². The Bertz CT molecular complexity index is 770. The normalized spacial score (nSPS) is 11.3. The van der Waals surface area contributed by atoms with E-state index in [1.807, 2.05) is 12.1 Å². The predicted molar refractivity (Wildman–Crippen MR) is 75.9 cm³/mol. The van der Waals surface area contributed by atoms with E-state index >= 15 is 0 Å². The van der Waals surface area contributed by atoms with Crippen LogP contribution in [0, 0.1) is 4.64 Å². The molecule has 0 saturated carbocycles. The summed E-state index contributed by atoms with van der Waals surface area (Å²) in [5.74, 6) is 0.511. The maximum Gasteiger partial charge on any atom is 0.167 e. The summed E-state index contributed by atoms with van der Waals surface area (Å²) in [6.07, 6.45) is 1.56. The zero-order chi connectivity index (χ0) is 13.4. The number of benzene rings is 1. The quantitative estimate of drug-likeness (QED) is 0.728. The average Bonchev–Trinajstić information content (AvgIpc) is 2.84. The van der Waals surface area contributed by atoms with Crippen molar-refractivity contribution in [2.45, 2.75) is 19.8 Å². The molecule has 0 aliphatic carbocycles. The maximum atomic E-state index is 5.13. The monoisotopic (exact) mass is 271 g/mol. The Balaban J connectivity index is 2.14. The highest BCUT2D eigenvalue weighted by atomic mass is 32.1. The van der Waals surface area contributed by atoms with E-state index in [0.717, 1.165) is 11.3 Å². The molecule has 6 heteroatoms. The molecule has 0 radical (unpaired) electrons. The van der Waals surface area contributed by atoms with Gasteiger partial charge < -0.3 is 4.98 Å². The largest absolute Gasteiger partial charge is 0.329 e. The van der Waals surface area contributed by atoms with Gasteiger partial charge in [-0.05, 0) is 23.6 Å². The first-order chi connectivity index (χ1) is 9.16. The molecule has 19 heavy (non-hydrogen) atoms. The molecule has 96 valence electrons. The first-order valence-electron chi connectivity index (χ1n) is 6.06. The van der Waals surface area contributed by atoms with Gasteiger partial charge in [0, 0.05) is 0 Å². The van der Waals surface area contributed by atoms with Crippen molar-refractivity contribution in [3.05, 3.63) is 40.8 Å². The first-order valence-corrected chi connectivity index (χ1v) is 6.47. The zero-order valence-corrected chi connectivity index (χ0v) is 11.5. The molecule has 3 rings (SSSR count). The third kappa shape index (κ3) is 2.04. The second-order valence-corrected chi connectivity index (χ2v) is 5.04. The van der Waals surface area contributed by atoms with E-state index in [2.05, 4.69) is 46.3 Å². The first kappa shape index (κ1) is 12.0. The van der Waals surface area contributed by atoms with Crippen LogP contribution in [0.2, 0.25) is 0 Å². The van der Waals surface area contributed by atoms with Gasteiger partial charge in [-0.1, -0.05) is 43.4 Å². The number of aromatic amines is 1. The SMILES string of the molecule is CC(C)c1ccc(-n2nnc3c(=S)nc[nH]c32)cc1. The minimum absolute atomic E-state index is 0.457. The number of rotatable bonds is 2. The molecule has 0 atom stereocenters. The molecule has 0 aliphatic rings. The summed E-state index contributed by atoms with van der Waals surface area (Å²) in [5.41, 5.74) is 3.62. The minimum atomic E-state index is 0.457. The van der Waals surface area contributed by atoms with Gasteiger partial charge in [0.2, 0.25) is 0 Å². The van der Waals surface area contributed by atoms with E-state index in [1.165, 1.54) is 5.56 Å². The van der Waals surface area contributed by atoms with E-state index in [-0.39, 0.29) is 0 Å². The molecule has 1 N–H and O–H groups in total. The van der Waals surface area contributed by atoms with Crippen LogP contribution in [0.15, 0.2) is 30.6 Å². The van der Waals surface area contributed by atoms with Gasteiger partial charge in [0.25, 0.3) is 0 Å². The zero-order valence-electron chi connectivity index (χ0n) is 10.7. The van der Waals surface area contributed by atoms with Crippen molar-refractivity contribution in [3.63, 3.8) is 0 Å². The van der Waals surface area contributed by atoms with Crippen LogP contribution < -0.4 is 0 Å². The summed E-state index contributed by atoms with van der Waals surface area (Å²) >= 11 is 5.13. The number of nitrogens with zero attached hydrogens (tertiary/aromatic N) is 4. The minimum Gasteiger partial charge on any atom is -0.329 e. The molecule has 1 aromatic carbocycles. The molecular formula is C13H13N5S. The standard InChI is InChI=1S/C13H13N5S/c1-8(2)9-3-5-10(6-4-9)18-12-11(16-17-18)13(19)15-7-14-12/h3-8H,1-2H3,(H,14,15,19). The van der Waals surface area contributed by atoms with Gasteiger partial charge in [-0.15, -0.1) is 5.10 Å². The van der Waals surface area contributed by atoms with Gasteiger partial charge in [-0.3, -0.25) is 0 Å². The fourth-order valence-corrected chi connectivity index (χ4v) is 2.14. The lowest BCUT2D eigenvalue weighted by atomic mass is 10.0. The van der Waals surface area contributed by atoms with Crippen LogP contribution in [0.3, 0.4) is 0 Å². The lowest BCUT2D eigenvalue weighted by Gasteiger charge is -2.06. The van der Waals surface area contributed by atoms with E-state index < -0.39 is 0 Å². The molecule has 0 saturated heterocycles. The Morgan fingerprint density at radius 2 is 1.95 bits per heavy atom. The number of hydrogen-bond acceptors (Lipinski definition) is 4. The highest BCUT2D eigenvalue weighted by Gasteiger charge is 2.08. The molecule has 5 nitrogen and oxygen atoms in total. The van der Waals surface area contributed by atoms with Crippen LogP contribution in [-0.2, 0) is 0 Å². The van der Waals surface area contributed by atoms with Crippen LogP contribution in [-0.4, -0.2) is 25.0 Å². The molecular weight excluding hydrogens is 258 g/mol. The second kappa shape index (κ2) is 4.55. The summed E-state index contributed by atoms with van der Waals surface area (Å²) in [5, 5.41) is 8.20. The summed E-state index contributed by atoms with van der Waals surface area (Å²) in [7, 11) is 0. The third-order valence-electron chi connectivity index (χ3n) is 3.06. The number of hydrogen-bond donors (Lipinski definition) is 1. The van der Waals surface area contributed by atoms with Crippen molar-refractivity contribution in [2.75, 3.05) is 0 Å². The van der Waals surface area contributed by atoms with E-state index in [9.17, 15) is 0 Å². The predicted octanol–water partition coefficient (Wildman–Crippen LogP) is 3.00. The van der Waals surface area contributed by atoms with Crippen LogP contribution >= 0.6 is 12.2 Å². The Morgan fingerprint density at radius 1 is 1.21 bits per heavy atom. The Kier molecular flexibility index (Phi) is 2.87. The van der Waals surface area contributed by atoms with Gasteiger partial charge in [-0.25, -0.2) is 4.98 Å². The number of H-pyrrole nitrogens is 1. The molecule has 0 unspecified atom stereocenters. The number of aromatic nitrogens is 5. The van der Waals surface area contributed by atoms with Crippen LogP contribution in [0.25, 0.3) is 16.9 Å². The highest BCUT2D eigenvalue weighted by molar-refractivity contribution is 7.71. The van der Waals surface area contributed by atoms with Crippen molar-refractivity contribution in [1.82, 2.24) is 25.0 Å². The molecule has 0 spiro atoms. The Morgan fingerprint density at radius 3 is 2.63 bits per heavy atom.